The molecule has 1 saturated heterocycles. The molecule has 160 valence electrons. The van der Waals surface area contributed by atoms with E-state index in [4.69, 9.17) is 4.74 Å². The van der Waals surface area contributed by atoms with Gasteiger partial charge in [-0.15, -0.1) is 0 Å². The van der Waals surface area contributed by atoms with Crippen LogP contribution in [0.3, 0.4) is 0 Å². The van der Waals surface area contributed by atoms with Crippen LogP contribution in [0.15, 0.2) is 48.5 Å². The fraction of sp³-hybridized carbons (Fsp3) is 0.458. The summed E-state index contributed by atoms with van der Waals surface area (Å²) in [6, 6.07) is 15.9. The Morgan fingerprint density at radius 2 is 1.90 bits per heavy atom. The van der Waals surface area contributed by atoms with E-state index in [2.05, 4.69) is 28.4 Å². The van der Waals surface area contributed by atoms with Gasteiger partial charge in [-0.05, 0) is 49.4 Å². The number of phenols is 1. The number of hydrogen-bond acceptors (Lipinski definition) is 5. The highest BCUT2D eigenvalue weighted by Gasteiger charge is 2.53. The second kappa shape index (κ2) is 9.00. The van der Waals surface area contributed by atoms with E-state index in [1.54, 1.807) is 13.2 Å². The van der Waals surface area contributed by atoms with Crippen LogP contribution in [0.1, 0.15) is 35.6 Å². The first-order chi connectivity index (χ1) is 14.6. The summed E-state index contributed by atoms with van der Waals surface area (Å²) in [7, 11) is 1.76. The average molecular weight is 427 g/mol. The summed E-state index contributed by atoms with van der Waals surface area (Å²) in [5.41, 5.74) is 3.37. The number of nitrogens with one attached hydrogen (secondary N) is 1. The fourth-order valence-corrected chi connectivity index (χ4v) is 5.61. The number of para-hydroxylation sites is 1. The van der Waals surface area contributed by atoms with Crippen molar-refractivity contribution in [1.29, 1.82) is 0 Å². The number of carbonyl (C=O) groups is 1. The lowest BCUT2D eigenvalue weighted by Crippen LogP contribution is -2.50. The van der Waals surface area contributed by atoms with Gasteiger partial charge < -0.3 is 15.2 Å². The van der Waals surface area contributed by atoms with Crippen LogP contribution in [0.4, 0.5) is 0 Å². The lowest BCUT2D eigenvalue weighted by molar-refractivity contribution is -0.121. The van der Waals surface area contributed by atoms with Crippen molar-refractivity contribution in [3.8, 4) is 5.75 Å². The molecule has 0 aromatic heterocycles. The van der Waals surface area contributed by atoms with Crippen molar-refractivity contribution in [2.24, 2.45) is 0 Å². The van der Waals surface area contributed by atoms with E-state index in [9.17, 15) is 9.90 Å². The summed E-state index contributed by atoms with van der Waals surface area (Å²) in [4.78, 5) is 14.8. The number of aromatic hydroxyl groups is 1. The van der Waals surface area contributed by atoms with Gasteiger partial charge in [-0.2, -0.15) is 11.8 Å². The number of fused-ring (bicyclic) bond motifs is 2. The molecule has 0 bridgehead atoms. The van der Waals surface area contributed by atoms with Gasteiger partial charge in [0.2, 0.25) is 5.91 Å². The van der Waals surface area contributed by atoms with Gasteiger partial charge in [-0.25, -0.2) is 0 Å². The molecule has 6 heteroatoms. The highest BCUT2D eigenvalue weighted by molar-refractivity contribution is 7.99. The zero-order valence-corrected chi connectivity index (χ0v) is 18.5. The number of amides is 1. The Bertz CT molecular complexity index is 896. The van der Waals surface area contributed by atoms with Gasteiger partial charge in [0.25, 0.3) is 0 Å². The monoisotopic (exact) mass is 426 g/mol. The average Bonchev–Trinajstić information content (AvgIpc) is 3.00. The minimum absolute atomic E-state index is 0.0541. The van der Waals surface area contributed by atoms with Crippen LogP contribution in [-0.4, -0.2) is 54.2 Å². The number of likely N-dealkylation sites (tertiary alicyclic amines) is 1. The predicted molar refractivity (Wildman–Crippen MR) is 121 cm³/mol. The Morgan fingerprint density at radius 1 is 1.20 bits per heavy atom. The van der Waals surface area contributed by atoms with Crippen LogP contribution in [0.25, 0.3) is 0 Å². The molecular formula is C24H30N2O3S. The molecule has 1 amide bonds. The number of phenolic OH excluding ortho intramolecular Hbond substituents is 1. The topological polar surface area (TPSA) is 61.8 Å². The molecule has 0 unspecified atom stereocenters. The molecule has 2 atom stereocenters. The molecule has 2 aromatic rings. The largest absolute Gasteiger partial charge is 0.508 e. The van der Waals surface area contributed by atoms with Gasteiger partial charge >= 0.3 is 0 Å². The van der Waals surface area contributed by atoms with Crippen LogP contribution >= 0.6 is 11.8 Å². The third-order valence-corrected chi connectivity index (χ3v) is 7.21. The SMILES string of the molecule is CO[C@H]1[C@H](NC(=O)CSC)c2ccccc2C12CCN(Cc1ccccc1O)CC2. The number of piperidine rings is 1. The molecule has 2 aromatic carbocycles. The summed E-state index contributed by atoms with van der Waals surface area (Å²) in [5.74, 6) is 0.866. The second-order valence-corrected chi connectivity index (χ2v) is 9.15. The molecule has 0 radical (unpaired) electrons. The molecule has 2 aliphatic rings. The number of benzene rings is 2. The zero-order chi connectivity index (χ0) is 21.1. The van der Waals surface area contributed by atoms with E-state index in [1.165, 1.54) is 22.9 Å². The highest BCUT2D eigenvalue weighted by Crippen LogP contribution is 2.52. The van der Waals surface area contributed by atoms with Crippen molar-refractivity contribution in [2.75, 3.05) is 32.2 Å². The number of methoxy groups -OCH3 is 1. The van der Waals surface area contributed by atoms with Crippen LogP contribution < -0.4 is 5.32 Å². The minimum Gasteiger partial charge on any atom is -0.508 e. The lowest BCUT2D eigenvalue weighted by atomic mass is 9.72. The van der Waals surface area contributed by atoms with Crippen molar-refractivity contribution in [2.45, 2.75) is 36.9 Å². The highest BCUT2D eigenvalue weighted by atomic mass is 32.2. The first-order valence-electron chi connectivity index (χ1n) is 10.5. The van der Waals surface area contributed by atoms with Crippen molar-refractivity contribution < 1.29 is 14.6 Å². The molecule has 1 fully saturated rings. The van der Waals surface area contributed by atoms with Gasteiger partial charge in [0, 0.05) is 24.6 Å². The van der Waals surface area contributed by atoms with Crippen molar-refractivity contribution >= 4 is 17.7 Å². The molecule has 1 aliphatic heterocycles. The molecule has 2 N–H and O–H groups in total. The summed E-state index contributed by atoms with van der Waals surface area (Å²) in [6.45, 7) is 2.60. The maximum atomic E-state index is 12.4. The van der Waals surface area contributed by atoms with Crippen LogP contribution in [0.2, 0.25) is 0 Å². The molecule has 0 saturated carbocycles. The van der Waals surface area contributed by atoms with Crippen molar-refractivity contribution in [3.63, 3.8) is 0 Å². The number of rotatable bonds is 6. The van der Waals surface area contributed by atoms with Gasteiger partial charge in [0.1, 0.15) is 5.75 Å². The normalized spacial score (nSPS) is 22.7. The Labute approximate surface area is 182 Å². The number of hydrogen-bond donors (Lipinski definition) is 2. The van der Waals surface area contributed by atoms with Crippen molar-refractivity contribution in [1.82, 2.24) is 10.2 Å². The Kier molecular flexibility index (Phi) is 6.37. The van der Waals surface area contributed by atoms with E-state index in [-0.39, 0.29) is 23.5 Å². The summed E-state index contributed by atoms with van der Waals surface area (Å²) in [5, 5.41) is 13.4. The van der Waals surface area contributed by atoms with Gasteiger partial charge in [0.15, 0.2) is 0 Å². The summed E-state index contributed by atoms with van der Waals surface area (Å²) < 4.78 is 6.07. The third kappa shape index (κ3) is 3.84. The number of carbonyl (C=O) groups excluding carboxylic acids is 1. The molecule has 1 heterocycles. The van der Waals surface area contributed by atoms with E-state index in [0.717, 1.165) is 38.0 Å². The Hall–Kier alpha value is -2.02. The van der Waals surface area contributed by atoms with Crippen LogP contribution in [0.5, 0.6) is 5.75 Å². The summed E-state index contributed by atoms with van der Waals surface area (Å²) in [6.07, 6.45) is 3.79. The van der Waals surface area contributed by atoms with E-state index < -0.39 is 0 Å². The molecular weight excluding hydrogens is 396 g/mol. The first kappa shape index (κ1) is 21.2. The van der Waals surface area contributed by atoms with Crippen molar-refractivity contribution in [3.05, 3.63) is 65.2 Å². The minimum atomic E-state index is -0.115. The van der Waals surface area contributed by atoms with E-state index in [1.807, 2.05) is 30.5 Å². The number of ether oxygens (including phenoxy) is 1. The molecule has 1 spiro atoms. The molecule has 30 heavy (non-hydrogen) atoms. The maximum absolute atomic E-state index is 12.4. The quantitative estimate of drug-likeness (QED) is 0.741. The molecule has 4 rings (SSSR count). The molecule has 5 nitrogen and oxygen atoms in total. The zero-order valence-electron chi connectivity index (χ0n) is 17.6. The van der Waals surface area contributed by atoms with E-state index >= 15 is 0 Å². The third-order valence-electron chi connectivity index (χ3n) is 6.66. The Balaban J connectivity index is 1.56. The maximum Gasteiger partial charge on any atom is 0.230 e. The second-order valence-electron chi connectivity index (χ2n) is 8.28. The number of thioether (sulfide) groups is 1. The van der Waals surface area contributed by atoms with E-state index in [0.29, 0.717) is 11.5 Å². The smallest absolute Gasteiger partial charge is 0.230 e. The summed E-state index contributed by atoms with van der Waals surface area (Å²) >= 11 is 1.53. The lowest BCUT2D eigenvalue weighted by Gasteiger charge is -2.44. The van der Waals surface area contributed by atoms with Gasteiger partial charge in [-0.3, -0.25) is 9.69 Å². The predicted octanol–water partition coefficient (Wildman–Crippen LogP) is 3.47. The standard InChI is InChI=1S/C24H30N2O3S/c1-29-23-22(25-21(28)16-30-2)18-8-4-5-9-19(18)24(23)11-13-26(14-12-24)15-17-7-3-6-10-20(17)27/h3-10,22-23,27H,11-16H2,1-2H3,(H,25,28)/t22-,23+/m1/s1. The van der Waals surface area contributed by atoms with Gasteiger partial charge in [0.05, 0.1) is 17.9 Å². The fourth-order valence-electron chi connectivity index (χ4n) is 5.27. The number of nitrogens with zero attached hydrogens (tertiary/aromatic N) is 1. The Morgan fingerprint density at radius 3 is 2.60 bits per heavy atom. The molecule has 1 aliphatic carbocycles. The first-order valence-corrected chi connectivity index (χ1v) is 11.9. The van der Waals surface area contributed by atoms with Gasteiger partial charge in [-0.1, -0.05) is 42.5 Å². The van der Waals surface area contributed by atoms with Crippen LogP contribution in [-0.2, 0) is 21.5 Å². The van der Waals surface area contributed by atoms with Crippen LogP contribution in [0, 0.1) is 0 Å².